The number of nitrogens with zero attached hydrogens (tertiary/aromatic N) is 2. The van der Waals surface area contributed by atoms with E-state index in [1.165, 1.54) is 5.56 Å². The summed E-state index contributed by atoms with van der Waals surface area (Å²) in [6.45, 7) is 3.46. The molecule has 1 amide bonds. The van der Waals surface area contributed by atoms with Crippen molar-refractivity contribution in [3.63, 3.8) is 0 Å². The van der Waals surface area contributed by atoms with E-state index in [4.69, 9.17) is 9.47 Å². The summed E-state index contributed by atoms with van der Waals surface area (Å²) in [6.07, 6.45) is 5.58. The Bertz CT molecular complexity index is 674. The number of pyridine rings is 1. The highest BCUT2D eigenvalue weighted by atomic mass is 16.5. The second kappa shape index (κ2) is 9.67. The van der Waals surface area contributed by atoms with E-state index in [0.29, 0.717) is 24.3 Å². The minimum atomic E-state index is 0.173. The molecule has 0 saturated carbocycles. The molecule has 0 aliphatic rings. The molecular weight excluding hydrogens is 316 g/mol. The summed E-state index contributed by atoms with van der Waals surface area (Å²) in [7, 11) is 3.23. The number of aryl methyl sites for hydroxylation is 1. The Labute approximate surface area is 149 Å². The molecule has 0 aliphatic carbocycles. The molecule has 134 valence electrons. The Hall–Kier alpha value is -2.56. The number of carbonyl (C=O) groups excluding carboxylic acids is 1. The van der Waals surface area contributed by atoms with Crippen molar-refractivity contribution in [2.24, 2.45) is 0 Å². The van der Waals surface area contributed by atoms with Crippen LogP contribution in [0.15, 0.2) is 42.7 Å². The number of benzene rings is 1. The van der Waals surface area contributed by atoms with Crippen molar-refractivity contribution in [1.82, 2.24) is 9.88 Å². The number of amides is 1. The van der Waals surface area contributed by atoms with Gasteiger partial charge < -0.3 is 14.4 Å². The molecule has 0 fully saturated rings. The largest absolute Gasteiger partial charge is 0.493 e. The molecule has 2 rings (SSSR count). The molecule has 0 saturated heterocycles. The van der Waals surface area contributed by atoms with E-state index in [1.54, 1.807) is 26.6 Å². The zero-order valence-corrected chi connectivity index (χ0v) is 15.2. The van der Waals surface area contributed by atoms with Crippen LogP contribution in [0.3, 0.4) is 0 Å². The van der Waals surface area contributed by atoms with Crippen LogP contribution >= 0.6 is 0 Å². The first-order valence-electron chi connectivity index (χ1n) is 8.55. The van der Waals surface area contributed by atoms with Gasteiger partial charge in [0.05, 0.1) is 14.2 Å². The van der Waals surface area contributed by atoms with Crippen LogP contribution in [0, 0.1) is 0 Å². The molecule has 25 heavy (non-hydrogen) atoms. The van der Waals surface area contributed by atoms with Crippen LogP contribution in [0.25, 0.3) is 0 Å². The fourth-order valence-corrected chi connectivity index (χ4v) is 2.72. The normalized spacial score (nSPS) is 10.4. The van der Waals surface area contributed by atoms with Crippen molar-refractivity contribution in [3.05, 3.63) is 53.9 Å². The van der Waals surface area contributed by atoms with Crippen molar-refractivity contribution in [3.8, 4) is 11.5 Å². The van der Waals surface area contributed by atoms with Crippen LogP contribution < -0.4 is 9.47 Å². The molecule has 0 aliphatic heterocycles. The van der Waals surface area contributed by atoms with E-state index in [1.807, 2.05) is 42.2 Å². The summed E-state index contributed by atoms with van der Waals surface area (Å²) in [6, 6.07) is 9.75. The SMILES string of the molecule is CCN(CCc1ccncc1)C(=O)CCc1ccc(OC)c(OC)c1. The van der Waals surface area contributed by atoms with E-state index in [-0.39, 0.29) is 5.91 Å². The van der Waals surface area contributed by atoms with Gasteiger partial charge in [-0.15, -0.1) is 0 Å². The van der Waals surface area contributed by atoms with Gasteiger partial charge in [-0.1, -0.05) is 6.07 Å². The van der Waals surface area contributed by atoms with Crippen LogP contribution in [-0.2, 0) is 17.6 Å². The lowest BCUT2D eigenvalue weighted by atomic mass is 10.1. The average molecular weight is 342 g/mol. The minimum Gasteiger partial charge on any atom is -0.493 e. The number of ether oxygens (including phenoxy) is 2. The zero-order chi connectivity index (χ0) is 18.1. The molecule has 5 heteroatoms. The van der Waals surface area contributed by atoms with E-state index in [0.717, 1.165) is 25.1 Å². The molecule has 0 unspecified atom stereocenters. The monoisotopic (exact) mass is 342 g/mol. The third kappa shape index (κ3) is 5.48. The van der Waals surface area contributed by atoms with Gasteiger partial charge in [0.1, 0.15) is 0 Å². The summed E-state index contributed by atoms with van der Waals surface area (Å²) in [4.78, 5) is 18.4. The first kappa shape index (κ1) is 18.8. The summed E-state index contributed by atoms with van der Waals surface area (Å²) in [5, 5.41) is 0. The maximum atomic E-state index is 12.5. The summed E-state index contributed by atoms with van der Waals surface area (Å²) in [5.41, 5.74) is 2.26. The number of methoxy groups -OCH3 is 2. The lowest BCUT2D eigenvalue weighted by molar-refractivity contribution is -0.130. The van der Waals surface area contributed by atoms with Crippen LogP contribution in [0.1, 0.15) is 24.5 Å². The van der Waals surface area contributed by atoms with Gasteiger partial charge in [0.25, 0.3) is 0 Å². The Morgan fingerprint density at radius 3 is 2.36 bits per heavy atom. The fraction of sp³-hybridized carbons (Fsp3) is 0.400. The average Bonchev–Trinajstić information content (AvgIpc) is 2.67. The molecule has 1 aromatic heterocycles. The summed E-state index contributed by atoms with van der Waals surface area (Å²) >= 11 is 0. The molecular formula is C20H26N2O3. The highest BCUT2D eigenvalue weighted by Gasteiger charge is 2.12. The van der Waals surface area contributed by atoms with E-state index >= 15 is 0 Å². The van der Waals surface area contributed by atoms with Crippen molar-refractivity contribution in [2.75, 3.05) is 27.3 Å². The number of carbonyl (C=O) groups is 1. The van der Waals surface area contributed by atoms with Crippen molar-refractivity contribution in [2.45, 2.75) is 26.2 Å². The molecule has 0 spiro atoms. The molecule has 5 nitrogen and oxygen atoms in total. The predicted octanol–water partition coefficient (Wildman–Crippen LogP) is 3.12. The van der Waals surface area contributed by atoms with Gasteiger partial charge in [-0.3, -0.25) is 9.78 Å². The second-order valence-electron chi connectivity index (χ2n) is 5.77. The standard InChI is InChI=1S/C20H26N2O3/c1-4-22(14-11-16-9-12-21-13-10-16)20(23)8-6-17-5-7-18(24-2)19(15-17)25-3/h5,7,9-10,12-13,15H,4,6,8,11,14H2,1-3H3. The zero-order valence-electron chi connectivity index (χ0n) is 15.2. The maximum absolute atomic E-state index is 12.5. The smallest absolute Gasteiger partial charge is 0.222 e. The third-order valence-corrected chi connectivity index (χ3v) is 4.23. The summed E-state index contributed by atoms with van der Waals surface area (Å²) in [5.74, 6) is 1.56. The Kier molecular flexibility index (Phi) is 7.26. The Balaban J connectivity index is 1.89. The molecule has 1 heterocycles. The lowest BCUT2D eigenvalue weighted by Gasteiger charge is -2.21. The lowest BCUT2D eigenvalue weighted by Crippen LogP contribution is -2.32. The molecule has 0 bridgehead atoms. The van der Waals surface area contributed by atoms with E-state index in [9.17, 15) is 4.79 Å². The first-order chi connectivity index (χ1) is 12.2. The maximum Gasteiger partial charge on any atom is 0.222 e. The second-order valence-corrected chi connectivity index (χ2v) is 5.77. The topological polar surface area (TPSA) is 51.7 Å². The first-order valence-corrected chi connectivity index (χ1v) is 8.55. The third-order valence-electron chi connectivity index (χ3n) is 4.23. The fourth-order valence-electron chi connectivity index (χ4n) is 2.72. The number of likely N-dealkylation sites (N-methyl/N-ethyl adjacent to an activating group) is 1. The predicted molar refractivity (Wildman–Crippen MR) is 98.1 cm³/mol. The van der Waals surface area contributed by atoms with Crippen LogP contribution in [-0.4, -0.2) is 43.1 Å². The highest BCUT2D eigenvalue weighted by molar-refractivity contribution is 5.76. The molecule has 0 N–H and O–H groups in total. The Morgan fingerprint density at radius 2 is 1.72 bits per heavy atom. The van der Waals surface area contributed by atoms with Gasteiger partial charge >= 0.3 is 0 Å². The van der Waals surface area contributed by atoms with Crippen LogP contribution in [0.4, 0.5) is 0 Å². The number of hydrogen-bond donors (Lipinski definition) is 0. The highest BCUT2D eigenvalue weighted by Crippen LogP contribution is 2.28. The Morgan fingerprint density at radius 1 is 1.00 bits per heavy atom. The van der Waals surface area contributed by atoms with E-state index < -0.39 is 0 Å². The van der Waals surface area contributed by atoms with Crippen molar-refractivity contribution in [1.29, 1.82) is 0 Å². The van der Waals surface area contributed by atoms with Gasteiger partial charge in [-0.2, -0.15) is 0 Å². The minimum absolute atomic E-state index is 0.173. The van der Waals surface area contributed by atoms with Gasteiger partial charge in [-0.25, -0.2) is 0 Å². The number of rotatable bonds is 9. The molecule has 0 radical (unpaired) electrons. The van der Waals surface area contributed by atoms with Gasteiger partial charge in [0.2, 0.25) is 5.91 Å². The summed E-state index contributed by atoms with van der Waals surface area (Å²) < 4.78 is 10.6. The van der Waals surface area contributed by atoms with Crippen molar-refractivity contribution >= 4 is 5.91 Å². The van der Waals surface area contributed by atoms with E-state index in [2.05, 4.69) is 4.98 Å². The van der Waals surface area contributed by atoms with Gasteiger partial charge in [-0.05, 0) is 55.2 Å². The quantitative estimate of drug-likeness (QED) is 0.702. The van der Waals surface area contributed by atoms with Crippen LogP contribution in [0.2, 0.25) is 0 Å². The van der Waals surface area contributed by atoms with Crippen LogP contribution in [0.5, 0.6) is 11.5 Å². The molecule has 0 atom stereocenters. The van der Waals surface area contributed by atoms with Crippen molar-refractivity contribution < 1.29 is 14.3 Å². The molecule has 1 aromatic carbocycles. The van der Waals surface area contributed by atoms with Gasteiger partial charge in [0, 0.05) is 31.9 Å². The number of aromatic nitrogens is 1. The molecule has 2 aromatic rings. The van der Waals surface area contributed by atoms with Gasteiger partial charge in [0.15, 0.2) is 11.5 Å². The number of hydrogen-bond acceptors (Lipinski definition) is 4.